The number of anilines is 2. The number of nitrogens with two attached hydrogens (primary N) is 2. The Hall–Kier alpha value is -1.71. The van der Waals surface area contributed by atoms with E-state index >= 15 is 0 Å². The van der Waals surface area contributed by atoms with E-state index in [0.29, 0.717) is 17.3 Å². The smallest absolute Gasteiger partial charge is 0.250 e. The topological polar surface area (TPSA) is 72.3 Å². The lowest BCUT2D eigenvalue weighted by Gasteiger charge is -2.28. The molecule has 1 aromatic carbocycles. The van der Waals surface area contributed by atoms with Gasteiger partial charge in [-0.3, -0.25) is 4.79 Å². The van der Waals surface area contributed by atoms with Gasteiger partial charge in [-0.2, -0.15) is 0 Å². The van der Waals surface area contributed by atoms with Crippen LogP contribution < -0.4 is 16.4 Å². The number of hydrogen-bond donors (Lipinski definition) is 2. The summed E-state index contributed by atoms with van der Waals surface area (Å²) in [5, 5.41) is 0. The maximum Gasteiger partial charge on any atom is 0.250 e. The predicted molar refractivity (Wildman–Crippen MR) is 70.0 cm³/mol. The number of carbonyl (C=O) groups excluding carboxylic acids is 1. The van der Waals surface area contributed by atoms with Crippen molar-refractivity contribution in [3.8, 4) is 0 Å². The van der Waals surface area contributed by atoms with Crippen LogP contribution in [0.15, 0.2) is 18.2 Å². The maximum absolute atomic E-state index is 11.4. The molecular weight excluding hydrogens is 214 g/mol. The van der Waals surface area contributed by atoms with Gasteiger partial charge in [-0.25, -0.2) is 0 Å². The third kappa shape index (κ3) is 2.35. The number of rotatable bonds is 4. The van der Waals surface area contributed by atoms with E-state index in [0.717, 1.165) is 11.6 Å². The summed E-state index contributed by atoms with van der Waals surface area (Å²) in [6, 6.07) is 5.75. The molecule has 1 amide bonds. The van der Waals surface area contributed by atoms with Crippen LogP contribution in [-0.4, -0.2) is 19.0 Å². The molecule has 0 aromatic heterocycles. The molecule has 92 valence electrons. The number of primary amides is 1. The summed E-state index contributed by atoms with van der Waals surface area (Å²) in [4.78, 5) is 13.5. The molecule has 2 rings (SSSR count). The van der Waals surface area contributed by atoms with Gasteiger partial charge in [0.25, 0.3) is 5.91 Å². The molecule has 17 heavy (non-hydrogen) atoms. The highest BCUT2D eigenvalue weighted by atomic mass is 16.1. The molecule has 0 radical (unpaired) electrons. The molecule has 4 heteroatoms. The highest BCUT2D eigenvalue weighted by Gasteiger charge is 2.31. The Labute approximate surface area is 102 Å². The van der Waals surface area contributed by atoms with Gasteiger partial charge in [0.05, 0.1) is 5.56 Å². The van der Waals surface area contributed by atoms with Gasteiger partial charge < -0.3 is 16.4 Å². The van der Waals surface area contributed by atoms with Crippen LogP contribution in [0.2, 0.25) is 0 Å². The largest absolute Gasteiger partial charge is 0.399 e. The molecule has 4 N–H and O–H groups in total. The lowest BCUT2D eigenvalue weighted by molar-refractivity contribution is 0.100. The molecule has 0 heterocycles. The van der Waals surface area contributed by atoms with Crippen LogP contribution in [0, 0.1) is 5.92 Å². The van der Waals surface area contributed by atoms with Crippen molar-refractivity contribution in [3.05, 3.63) is 23.8 Å². The van der Waals surface area contributed by atoms with Crippen molar-refractivity contribution >= 4 is 17.3 Å². The average molecular weight is 233 g/mol. The molecule has 1 atom stereocenters. The first-order valence-electron chi connectivity index (χ1n) is 5.93. The molecule has 1 aromatic rings. The molecule has 1 aliphatic rings. The zero-order chi connectivity index (χ0) is 12.6. The summed E-state index contributed by atoms with van der Waals surface area (Å²) in [5.41, 5.74) is 13.0. The Bertz CT molecular complexity index is 440. The summed E-state index contributed by atoms with van der Waals surface area (Å²) in [7, 11) is 2.00. The van der Waals surface area contributed by atoms with Crippen LogP contribution in [0.1, 0.15) is 30.1 Å². The number of carbonyl (C=O) groups is 1. The van der Waals surface area contributed by atoms with Crippen molar-refractivity contribution in [2.75, 3.05) is 17.7 Å². The van der Waals surface area contributed by atoms with Gasteiger partial charge in [0, 0.05) is 24.5 Å². The first kappa shape index (κ1) is 11.8. The number of hydrogen-bond acceptors (Lipinski definition) is 3. The van der Waals surface area contributed by atoms with E-state index in [2.05, 4.69) is 11.8 Å². The number of benzene rings is 1. The second kappa shape index (κ2) is 4.28. The van der Waals surface area contributed by atoms with Gasteiger partial charge in [-0.05, 0) is 43.9 Å². The van der Waals surface area contributed by atoms with Crippen molar-refractivity contribution in [2.45, 2.75) is 25.8 Å². The van der Waals surface area contributed by atoms with Crippen molar-refractivity contribution < 1.29 is 4.79 Å². The maximum atomic E-state index is 11.4. The Morgan fingerprint density at radius 2 is 2.12 bits per heavy atom. The molecule has 0 bridgehead atoms. The summed E-state index contributed by atoms with van der Waals surface area (Å²) >= 11 is 0. The Kier molecular flexibility index (Phi) is 2.96. The fourth-order valence-electron chi connectivity index (χ4n) is 2.17. The highest BCUT2D eigenvalue weighted by Crippen LogP contribution is 2.37. The normalized spacial score (nSPS) is 16.6. The average Bonchev–Trinajstić information content (AvgIpc) is 3.10. The van der Waals surface area contributed by atoms with E-state index < -0.39 is 5.91 Å². The van der Waals surface area contributed by atoms with Crippen molar-refractivity contribution in [3.63, 3.8) is 0 Å². The predicted octanol–water partition coefficient (Wildman–Crippen LogP) is 1.60. The quantitative estimate of drug-likeness (QED) is 0.776. The molecule has 0 spiro atoms. The summed E-state index contributed by atoms with van der Waals surface area (Å²) in [5.74, 6) is 0.306. The minimum Gasteiger partial charge on any atom is -0.399 e. The Morgan fingerprint density at radius 3 is 2.65 bits per heavy atom. The highest BCUT2D eigenvalue weighted by molar-refractivity contribution is 5.99. The summed E-state index contributed by atoms with van der Waals surface area (Å²) in [6.45, 7) is 2.18. The van der Waals surface area contributed by atoms with Crippen LogP contribution >= 0.6 is 0 Å². The van der Waals surface area contributed by atoms with Gasteiger partial charge in [0.2, 0.25) is 0 Å². The SMILES string of the molecule is CC(C1CC1)N(C)c1ccc(N)cc1C(N)=O. The van der Waals surface area contributed by atoms with Gasteiger partial charge in [0.1, 0.15) is 0 Å². The van der Waals surface area contributed by atoms with Crippen molar-refractivity contribution in [2.24, 2.45) is 11.7 Å². The van der Waals surface area contributed by atoms with E-state index in [9.17, 15) is 4.79 Å². The van der Waals surface area contributed by atoms with E-state index in [-0.39, 0.29) is 0 Å². The minimum absolute atomic E-state index is 0.428. The minimum atomic E-state index is -0.429. The zero-order valence-corrected chi connectivity index (χ0v) is 10.3. The van der Waals surface area contributed by atoms with Gasteiger partial charge in [-0.1, -0.05) is 0 Å². The number of nitrogen functional groups attached to an aromatic ring is 1. The van der Waals surface area contributed by atoms with Gasteiger partial charge in [0.15, 0.2) is 0 Å². The summed E-state index contributed by atoms with van der Waals surface area (Å²) < 4.78 is 0. The fraction of sp³-hybridized carbons (Fsp3) is 0.462. The lowest BCUT2D eigenvalue weighted by Crippen LogP contribution is -2.32. The van der Waals surface area contributed by atoms with Crippen molar-refractivity contribution in [1.29, 1.82) is 0 Å². The molecule has 0 aliphatic heterocycles. The lowest BCUT2D eigenvalue weighted by atomic mass is 10.1. The molecule has 4 nitrogen and oxygen atoms in total. The van der Waals surface area contributed by atoms with E-state index in [1.54, 1.807) is 12.1 Å². The van der Waals surface area contributed by atoms with Gasteiger partial charge in [-0.15, -0.1) is 0 Å². The third-order valence-corrected chi connectivity index (χ3v) is 3.58. The second-order valence-corrected chi connectivity index (χ2v) is 4.83. The molecular formula is C13H19N3O. The third-order valence-electron chi connectivity index (χ3n) is 3.58. The van der Waals surface area contributed by atoms with Crippen LogP contribution in [0.3, 0.4) is 0 Å². The van der Waals surface area contributed by atoms with Crippen LogP contribution in [0.5, 0.6) is 0 Å². The molecule has 1 unspecified atom stereocenters. The van der Waals surface area contributed by atoms with Crippen molar-refractivity contribution in [1.82, 2.24) is 0 Å². The standard InChI is InChI=1S/C13H19N3O/c1-8(9-3-4-9)16(2)12-6-5-10(14)7-11(12)13(15)17/h5-9H,3-4,14H2,1-2H3,(H2,15,17). The van der Waals surface area contributed by atoms with Gasteiger partial charge >= 0.3 is 0 Å². The monoisotopic (exact) mass is 233 g/mol. The molecule has 0 saturated heterocycles. The molecule has 1 fully saturated rings. The fourth-order valence-corrected chi connectivity index (χ4v) is 2.17. The Balaban J connectivity index is 2.32. The Morgan fingerprint density at radius 1 is 1.47 bits per heavy atom. The molecule has 1 aliphatic carbocycles. The number of nitrogens with zero attached hydrogens (tertiary/aromatic N) is 1. The summed E-state index contributed by atoms with van der Waals surface area (Å²) in [6.07, 6.45) is 2.54. The van der Waals surface area contributed by atoms with E-state index in [4.69, 9.17) is 11.5 Å². The first-order chi connectivity index (χ1) is 8.00. The second-order valence-electron chi connectivity index (χ2n) is 4.83. The number of amides is 1. The van der Waals surface area contributed by atoms with E-state index in [1.165, 1.54) is 12.8 Å². The first-order valence-corrected chi connectivity index (χ1v) is 5.93. The zero-order valence-electron chi connectivity index (χ0n) is 10.3. The molecule has 1 saturated carbocycles. The van der Waals surface area contributed by atoms with Crippen LogP contribution in [0.4, 0.5) is 11.4 Å². The van der Waals surface area contributed by atoms with Crippen LogP contribution in [0.25, 0.3) is 0 Å². The van der Waals surface area contributed by atoms with Crippen LogP contribution in [-0.2, 0) is 0 Å². The van der Waals surface area contributed by atoms with E-state index in [1.807, 2.05) is 13.1 Å².